The number of carbonyl (C=O) groups is 1. The zero-order valence-corrected chi connectivity index (χ0v) is 11.5. The molecule has 4 heteroatoms. The van der Waals surface area contributed by atoms with E-state index < -0.39 is 0 Å². The van der Waals surface area contributed by atoms with Gasteiger partial charge in [-0.25, -0.2) is 0 Å². The van der Waals surface area contributed by atoms with Gasteiger partial charge in [0.25, 0.3) is 0 Å². The number of likely N-dealkylation sites (tertiary alicyclic amines) is 1. The van der Waals surface area contributed by atoms with Crippen LogP contribution in [-0.2, 0) is 4.79 Å². The summed E-state index contributed by atoms with van der Waals surface area (Å²) in [4.78, 5) is 14.2. The molecule has 0 aliphatic carbocycles. The summed E-state index contributed by atoms with van der Waals surface area (Å²) in [5, 5.41) is 3.62. The van der Waals surface area contributed by atoms with Crippen LogP contribution in [0.4, 0.5) is 5.69 Å². The van der Waals surface area contributed by atoms with Crippen LogP contribution in [0.15, 0.2) is 18.2 Å². The maximum Gasteiger partial charge on any atom is 0.238 e. The largest absolute Gasteiger partial charge is 0.325 e. The molecule has 1 aliphatic rings. The molecule has 0 spiro atoms. The van der Waals surface area contributed by atoms with Gasteiger partial charge in [-0.3, -0.25) is 9.69 Å². The van der Waals surface area contributed by atoms with Gasteiger partial charge in [0.2, 0.25) is 5.91 Å². The summed E-state index contributed by atoms with van der Waals surface area (Å²) in [5.41, 5.74) is 1.73. The van der Waals surface area contributed by atoms with E-state index in [0.29, 0.717) is 11.6 Å². The van der Waals surface area contributed by atoms with Crippen molar-refractivity contribution in [2.24, 2.45) is 0 Å². The van der Waals surface area contributed by atoms with Gasteiger partial charge in [0, 0.05) is 10.7 Å². The topological polar surface area (TPSA) is 32.3 Å². The van der Waals surface area contributed by atoms with Crippen LogP contribution in [0, 0.1) is 6.92 Å². The van der Waals surface area contributed by atoms with E-state index in [-0.39, 0.29) is 5.91 Å². The van der Waals surface area contributed by atoms with Crippen molar-refractivity contribution in [3.8, 4) is 0 Å². The molecule has 1 fully saturated rings. The van der Waals surface area contributed by atoms with Crippen LogP contribution in [0.5, 0.6) is 0 Å². The Morgan fingerprint density at radius 1 is 1.33 bits per heavy atom. The lowest BCUT2D eigenvalue weighted by molar-refractivity contribution is -0.117. The Morgan fingerprint density at radius 2 is 2.06 bits per heavy atom. The highest BCUT2D eigenvalue weighted by Gasteiger charge is 2.14. The molecule has 18 heavy (non-hydrogen) atoms. The van der Waals surface area contributed by atoms with Crippen molar-refractivity contribution in [3.05, 3.63) is 28.8 Å². The molecular weight excluding hydrogens is 248 g/mol. The highest BCUT2D eigenvalue weighted by Crippen LogP contribution is 2.22. The first kappa shape index (κ1) is 13.4. The van der Waals surface area contributed by atoms with Crippen molar-refractivity contribution in [2.45, 2.75) is 26.2 Å². The number of amides is 1. The number of carbonyl (C=O) groups excluding carboxylic acids is 1. The zero-order chi connectivity index (χ0) is 13.0. The molecule has 0 radical (unpaired) electrons. The van der Waals surface area contributed by atoms with E-state index in [1.165, 1.54) is 19.3 Å². The highest BCUT2D eigenvalue weighted by atomic mass is 35.5. The van der Waals surface area contributed by atoms with Crippen molar-refractivity contribution in [1.82, 2.24) is 4.90 Å². The summed E-state index contributed by atoms with van der Waals surface area (Å²) in [7, 11) is 0. The molecule has 1 saturated heterocycles. The predicted octanol–water partition coefficient (Wildman–Crippen LogP) is 3.07. The van der Waals surface area contributed by atoms with Gasteiger partial charge in [-0.05, 0) is 50.6 Å². The van der Waals surface area contributed by atoms with Gasteiger partial charge < -0.3 is 5.32 Å². The lowest BCUT2D eigenvalue weighted by atomic mass is 10.1. The van der Waals surface area contributed by atoms with Crippen LogP contribution in [0.2, 0.25) is 5.02 Å². The average molecular weight is 267 g/mol. The first-order valence-electron chi connectivity index (χ1n) is 6.44. The SMILES string of the molecule is Cc1c(Cl)cccc1NC(=O)CN1CCCCC1. The second-order valence-corrected chi connectivity index (χ2v) is 5.20. The molecule has 1 amide bonds. The number of nitrogens with zero attached hydrogens (tertiary/aromatic N) is 1. The Balaban J connectivity index is 1.92. The van der Waals surface area contributed by atoms with Crippen molar-refractivity contribution >= 4 is 23.2 Å². The maximum atomic E-state index is 11.9. The first-order chi connectivity index (χ1) is 8.66. The molecule has 1 aliphatic heterocycles. The third-order valence-electron chi connectivity index (χ3n) is 3.36. The van der Waals surface area contributed by atoms with Crippen molar-refractivity contribution < 1.29 is 4.79 Å². The van der Waals surface area contributed by atoms with Crippen LogP contribution < -0.4 is 5.32 Å². The average Bonchev–Trinajstić information content (AvgIpc) is 2.36. The minimum absolute atomic E-state index is 0.0438. The Morgan fingerprint density at radius 3 is 2.78 bits per heavy atom. The monoisotopic (exact) mass is 266 g/mol. The van der Waals surface area contributed by atoms with Crippen LogP contribution in [0.25, 0.3) is 0 Å². The second-order valence-electron chi connectivity index (χ2n) is 4.80. The summed E-state index contributed by atoms with van der Waals surface area (Å²) in [6, 6.07) is 5.57. The van der Waals surface area contributed by atoms with E-state index in [1.807, 2.05) is 25.1 Å². The number of nitrogens with one attached hydrogen (secondary N) is 1. The normalized spacial score (nSPS) is 16.6. The number of hydrogen-bond donors (Lipinski definition) is 1. The van der Waals surface area contributed by atoms with Crippen molar-refractivity contribution in [1.29, 1.82) is 0 Å². The molecule has 2 rings (SSSR count). The lowest BCUT2D eigenvalue weighted by Gasteiger charge is -2.25. The Hall–Kier alpha value is -1.06. The van der Waals surface area contributed by atoms with Gasteiger partial charge in [0.1, 0.15) is 0 Å². The van der Waals surface area contributed by atoms with Crippen molar-refractivity contribution in [2.75, 3.05) is 25.0 Å². The minimum atomic E-state index is 0.0438. The van der Waals surface area contributed by atoms with E-state index in [4.69, 9.17) is 11.6 Å². The fourth-order valence-corrected chi connectivity index (χ4v) is 2.43. The molecule has 3 nitrogen and oxygen atoms in total. The number of piperidine rings is 1. The third-order valence-corrected chi connectivity index (χ3v) is 3.77. The molecule has 1 heterocycles. The van der Waals surface area contributed by atoms with E-state index in [0.717, 1.165) is 24.3 Å². The number of halogens is 1. The highest BCUT2D eigenvalue weighted by molar-refractivity contribution is 6.31. The van der Waals surface area contributed by atoms with Gasteiger partial charge >= 0.3 is 0 Å². The van der Waals surface area contributed by atoms with Crippen LogP contribution in [0.3, 0.4) is 0 Å². The van der Waals surface area contributed by atoms with Gasteiger partial charge in [0.05, 0.1) is 6.54 Å². The molecular formula is C14H19ClN2O. The van der Waals surface area contributed by atoms with Crippen LogP contribution in [-0.4, -0.2) is 30.4 Å². The summed E-state index contributed by atoms with van der Waals surface area (Å²) in [6.07, 6.45) is 3.68. The summed E-state index contributed by atoms with van der Waals surface area (Å²) in [6.45, 7) is 4.45. The smallest absolute Gasteiger partial charge is 0.238 e. The number of anilines is 1. The molecule has 0 atom stereocenters. The Bertz CT molecular complexity index is 428. The zero-order valence-electron chi connectivity index (χ0n) is 10.7. The number of rotatable bonds is 3. The second kappa shape index (κ2) is 6.21. The Labute approximate surface area is 113 Å². The number of benzene rings is 1. The molecule has 1 N–H and O–H groups in total. The molecule has 0 bridgehead atoms. The molecule has 0 saturated carbocycles. The van der Waals surface area contributed by atoms with Gasteiger partial charge in [-0.2, -0.15) is 0 Å². The summed E-state index contributed by atoms with van der Waals surface area (Å²) >= 11 is 6.03. The van der Waals surface area contributed by atoms with Crippen LogP contribution >= 0.6 is 11.6 Å². The number of hydrogen-bond acceptors (Lipinski definition) is 2. The van der Waals surface area contributed by atoms with E-state index >= 15 is 0 Å². The lowest BCUT2D eigenvalue weighted by Crippen LogP contribution is -2.36. The summed E-state index contributed by atoms with van der Waals surface area (Å²) < 4.78 is 0. The third kappa shape index (κ3) is 3.47. The fourth-order valence-electron chi connectivity index (χ4n) is 2.25. The molecule has 1 aromatic carbocycles. The van der Waals surface area contributed by atoms with Crippen LogP contribution in [0.1, 0.15) is 24.8 Å². The van der Waals surface area contributed by atoms with E-state index in [1.54, 1.807) is 0 Å². The molecule has 98 valence electrons. The van der Waals surface area contributed by atoms with Gasteiger partial charge in [-0.15, -0.1) is 0 Å². The van der Waals surface area contributed by atoms with Gasteiger partial charge in [0.15, 0.2) is 0 Å². The van der Waals surface area contributed by atoms with E-state index in [2.05, 4.69) is 10.2 Å². The summed E-state index contributed by atoms with van der Waals surface area (Å²) in [5.74, 6) is 0.0438. The quantitative estimate of drug-likeness (QED) is 0.912. The minimum Gasteiger partial charge on any atom is -0.325 e. The van der Waals surface area contributed by atoms with Gasteiger partial charge in [-0.1, -0.05) is 24.1 Å². The molecule has 1 aromatic rings. The molecule has 0 unspecified atom stereocenters. The van der Waals surface area contributed by atoms with E-state index in [9.17, 15) is 4.79 Å². The predicted molar refractivity (Wildman–Crippen MR) is 75.1 cm³/mol. The van der Waals surface area contributed by atoms with Crippen molar-refractivity contribution in [3.63, 3.8) is 0 Å². The maximum absolute atomic E-state index is 11.9. The molecule has 0 aromatic heterocycles. The standard InChI is InChI=1S/C14H19ClN2O/c1-11-12(15)6-5-7-13(11)16-14(18)10-17-8-3-2-4-9-17/h5-7H,2-4,8-10H2,1H3,(H,16,18). The fraction of sp³-hybridized carbons (Fsp3) is 0.500. The Kier molecular flexibility index (Phi) is 4.61. The first-order valence-corrected chi connectivity index (χ1v) is 6.82.